The van der Waals surface area contributed by atoms with Crippen LogP contribution in [0.2, 0.25) is 5.02 Å². The van der Waals surface area contributed by atoms with Gasteiger partial charge in [0.15, 0.2) is 0 Å². The van der Waals surface area contributed by atoms with Gasteiger partial charge in [-0.3, -0.25) is 9.69 Å². The van der Waals surface area contributed by atoms with Gasteiger partial charge in [0.25, 0.3) is 0 Å². The Labute approximate surface area is 185 Å². The largest absolute Gasteiger partial charge is 0.468 e. The second-order valence-corrected chi connectivity index (χ2v) is 8.55. The molecule has 1 atom stereocenters. The Hall–Kier alpha value is -2.03. The number of piperazine rings is 1. The van der Waals surface area contributed by atoms with E-state index in [-0.39, 0.29) is 11.9 Å². The Morgan fingerprint density at radius 1 is 1.23 bits per heavy atom. The normalized spacial score (nSPS) is 15.8. The van der Waals surface area contributed by atoms with Crippen molar-refractivity contribution in [3.8, 4) is 0 Å². The van der Waals surface area contributed by atoms with Crippen LogP contribution < -0.4 is 0 Å². The summed E-state index contributed by atoms with van der Waals surface area (Å²) in [6.07, 6.45) is 0. The Morgan fingerprint density at radius 2 is 1.93 bits per heavy atom. The van der Waals surface area contributed by atoms with Gasteiger partial charge in [-0.25, -0.2) is 4.79 Å². The van der Waals surface area contributed by atoms with Crippen molar-refractivity contribution in [2.24, 2.45) is 0 Å². The van der Waals surface area contributed by atoms with E-state index >= 15 is 0 Å². The van der Waals surface area contributed by atoms with Crippen molar-refractivity contribution in [2.75, 3.05) is 39.0 Å². The molecule has 2 aromatic rings. The van der Waals surface area contributed by atoms with Gasteiger partial charge in [0.2, 0.25) is 5.91 Å². The lowest BCUT2D eigenvalue weighted by Crippen LogP contribution is -2.51. The number of esters is 1. The molecule has 0 spiro atoms. The lowest BCUT2D eigenvalue weighted by Gasteiger charge is -2.38. The van der Waals surface area contributed by atoms with Crippen LogP contribution in [0.25, 0.3) is 0 Å². The number of hydrogen-bond acceptors (Lipinski definition) is 7. The van der Waals surface area contributed by atoms with Gasteiger partial charge in [-0.05, 0) is 25.5 Å². The zero-order chi connectivity index (χ0) is 21.7. The van der Waals surface area contributed by atoms with E-state index in [1.54, 1.807) is 17.8 Å². The molecule has 1 aliphatic rings. The fourth-order valence-electron chi connectivity index (χ4n) is 3.55. The first-order valence-electron chi connectivity index (χ1n) is 9.76. The zero-order valence-corrected chi connectivity index (χ0v) is 19.0. The van der Waals surface area contributed by atoms with Crippen molar-refractivity contribution in [2.45, 2.75) is 25.6 Å². The molecule has 162 valence electrons. The summed E-state index contributed by atoms with van der Waals surface area (Å²) in [5.41, 5.74) is 2.65. The Morgan fingerprint density at radius 3 is 2.53 bits per heavy atom. The van der Waals surface area contributed by atoms with E-state index in [1.807, 2.05) is 41.8 Å². The van der Waals surface area contributed by atoms with Crippen LogP contribution in [-0.4, -0.2) is 65.9 Å². The fraction of sp³-hybridized carbons (Fsp3) is 0.476. The van der Waals surface area contributed by atoms with Gasteiger partial charge in [-0.1, -0.05) is 35.0 Å². The summed E-state index contributed by atoms with van der Waals surface area (Å²) in [6, 6.07) is 6.72. The molecule has 1 aromatic heterocycles. The summed E-state index contributed by atoms with van der Waals surface area (Å²) in [6.45, 7) is 6.06. The number of ether oxygens (including phenoxy) is 1. The van der Waals surface area contributed by atoms with E-state index in [1.165, 1.54) is 7.11 Å². The molecular weight excluding hydrogens is 426 g/mol. The Bertz CT molecular complexity index is 877. The van der Waals surface area contributed by atoms with Gasteiger partial charge in [-0.2, -0.15) is 0 Å². The number of carbonyl (C=O) groups excluding carboxylic acids is 2. The molecule has 0 saturated carbocycles. The number of carbonyl (C=O) groups is 2. The van der Waals surface area contributed by atoms with Crippen LogP contribution >= 0.6 is 23.4 Å². The minimum atomic E-state index is -0.574. The van der Waals surface area contributed by atoms with Crippen LogP contribution in [0.4, 0.5) is 0 Å². The third-order valence-electron chi connectivity index (χ3n) is 5.31. The van der Waals surface area contributed by atoms with Crippen molar-refractivity contribution < 1.29 is 18.8 Å². The second kappa shape index (κ2) is 10.3. The molecule has 30 heavy (non-hydrogen) atoms. The van der Waals surface area contributed by atoms with Crippen molar-refractivity contribution in [3.05, 3.63) is 51.9 Å². The lowest BCUT2D eigenvalue weighted by molar-refractivity contribution is -0.148. The number of rotatable bonds is 7. The van der Waals surface area contributed by atoms with Gasteiger partial charge in [0, 0.05) is 42.5 Å². The van der Waals surface area contributed by atoms with Crippen LogP contribution in [-0.2, 0) is 20.1 Å². The molecular formula is C21H26ClN3O4S. The highest BCUT2D eigenvalue weighted by molar-refractivity contribution is 7.99. The smallest absolute Gasteiger partial charge is 0.327 e. The third kappa shape index (κ3) is 5.17. The minimum Gasteiger partial charge on any atom is -0.468 e. The summed E-state index contributed by atoms with van der Waals surface area (Å²) in [4.78, 5) is 29.0. The lowest BCUT2D eigenvalue weighted by atomic mass is 10.0. The minimum absolute atomic E-state index is 0.0961. The van der Waals surface area contributed by atoms with E-state index in [0.717, 1.165) is 22.6 Å². The number of hydrogen-bond donors (Lipinski definition) is 0. The number of methoxy groups -OCH3 is 1. The fourth-order valence-corrected chi connectivity index (χ4v) is 4.86. The number of thioether (sulfide) groups is 1. The SMILES string of the molecule is COC(=O)C(c1ccccc1Cl)N1CCN(C(=O)CSCc2c(C)noc2C)CC1. The maximum atomic E-state index is 12.6. The zero-order valence-electron chi connectivity index (χ0n) is 17.4. The average molecular weight is 452 g/mol. The topological polar surface area (TPSA) is 75.9 Å². The molecule has 0 bridgehead atoms. The predicted molar refractivity (Wildman–Crippen MR) is 117 cm³/mol. The van der Waals surface area contributed by atoms with Crippen LogP contribution in [0.3, 0.4) is 0 Å². The highest BCUT2D eigenvalue weighted by Crippen LogP contribution is 2.29. The molecule has 0 N–H and O–H groups in total. The number of halogens is 1. The molecule has 7 nitrogen and oxygen atoms in total. The highest BCUT2D eigenvalue weighted by Gasteiger charge is 2.33. The first-order valence-corrected chi connectivity index (χ1v) is 11.3. The molecule has 1 aromatic carbocycles. The standard InChI is InChI=1S/C21H26ClN3O4S/c1-14-17(15(2)29-23-14)12-30-13-19(26)24-8-10-25(11-9-24)20(21(27)28-3)16-6-4-5-7-18(16)22/h4-7,20H,8-13H2,1-3H3. The van der Waals surface area contributed by atoms with E-state index in [4.69, 9.17) is 20.9 Å². The molecule has 3 rings (SSSR count). The van der Waals surface area contributed by atoms with Crippen LogP contribution in [0.1, 0.15) is 28.6 Å². The van der Waals surface area contributed by atoms with Crippen LogP contribution in [0, 0.1) is 13.8 Å². The predicted octanol–water partition coefficient (Wildman–Crippen LogP) is 3.24. The van der Waals surface area contributed by atoms with Crippen molar-refractivity contribution in [3.63, 3.8) is 0 Å². The van der Waals surface area contributed by atoms with Gasteiger partial charge in [0.05, 0.1) is 18.6 Å². The highest BCUT2D eigenvalue weighted by atomic mass is 35.5. The number of amides is 1. The van der Waals surface area contributed by atoms with Gasteiger partial charge in [0.1, 0.15) is 11.8 Å². The Kier molecular flexibility index (Phi) is 7.80. The van der Waals surface area contributed by atoms with Gasteiger partial charge in [-0.15, -0.1) is 11.8 Å². The second-order valence-electron chi connectivity index (χ2n) is 7.16. The maximum absolute atomic E-state index is 12.6. The van der Waals surface area contributed by atoms with Crippen molar-refractivity contribution in [1.82, 2.24) is 15.0 Å². The number of nitrogens with zero attached hydrogens (tertiary/aromatic N) is 3. The molecule has 1 amide bonds. The summed E-state index contributed by atoms with van der Waals surface area (Å²) < 4.78 is 10.2. The van der Waals surface area contributed by atoms with Gasteiger partial charge < -0.3 is 14.2 Å². The molecule has 1 fully saturated rings. The van der Waals surface area contributed by atoms with Crippen LogP contribution in [0.5, 0.6) is 0 Å². The molecule has 1 unspecified atom stereocenters. The Balaban J connectivity index is 1.55. The number of aryl methyl sites for hydroxylation is 2. The first-order chi connectivity index (χ1) is 14.4. The van der Waals surface area contributed by atoms with E-state index in [2.05, 4.69) is 5.16 Å². The van der Waals surface area contributed by atoms with Crippen molar-refractivity contribution in [1.29, 1.82) is 0 Å². The van der Waals surface area contributed by atoms with E-state index in [9.17, 15) is 9.59 Å². The monoisotopic (exact) mass is 451 g/mol. The molecule has 2 heterocycles. The van der Waals surface area contributed by atoms with Gasteiger partial charge >= 0.3 is 5.97 Å². The summed E-state index contributed by atoms with van der Waals surface area (Å²) in [7, 11) is 1.38. The number of aromatic nitrogens is 1. The molecule has 1 aliphatic heterocycles. The molecule has 9 heteroatoms. The van der Waals surface area contributed by atoms with E-state index < -0.39 is 6.04 Å². The number of benzene rings is 1. The maximum Gasteiger partial charge on any atom is 0.327 e. The summed E-state index contributed by atoms with van der Waals surface area (Å²) >= 11 is 7.89. The molecule has 0 aliphatic carbocycles. The first kappa shape index (κ1) is 22.7. The summed E-state index contributed by atoms with van der Waals surface area (Å²) in [5, 5.41) is 4.47. The third-order valence-corrected chi connectivity index (χ3v) is 6.60. The quantitative estimate of drug-likeness (QED) is 0.598. The van der Waals surface area contributed by atoms with Crippen molar-refractivity contribution >= 4 is 35.2 Å². The summed E-state index contributed by atoms with van der Waals surface area (Å²) in [5.74, 6) is 1.64. The van der Waals surface area contributed by atoms with Crippen LogP contribution in [0.15, 0.2) is 28.8 Å². The molecule has 1 saturated heterocycles. The molecule has 0 radical (unpaired) electrons. The average Bonchev–Trinajstić information content (AvgIpc) is 3.07. The van der Waals surface area contributed by atoms with E-state index in [0.29, 0.717) is 42.7 Å².